The average molecular weight is 262 g/mol. The van der Waals surface area contributed by atoms with Crippen molar-refractivity contribution in [3.8, 4) is 0 Å². The van der Waals surface area contributed by atoms with E-state index < -0.39 is 0 Å². The minimum Gasteiger partial charge on any atom is -0.373 e. The molecule has 2 atom stereocenters. The second-order valence-corrected chi connectivity index (χ2v) is 6.07. The Bertz CT molecular complexity index is 442. The maximum Gasteiger partial charge on any atom is 0.203 e. The Morgan fingerprint density at radius 3 is 3.21 bits per heavy atom. The normalized spacial score (nSPS) is 31.4. The predicted octanol–water partition coefficient (Wildman–Crippen LogP) is 1.32. The zero-order valence-corrected chi connectivity index (χ0v) is 11.3. The molecule has 4 rings (SSSR count). The van der Waals surface area contributed by atoms with Crippen molar-refractivity contribution in [3.63, 3.8) is 0 Å². The first-order valence-electron chi connectivity index (χ1n) is 7.52. The van der Waals surface area contributed by atoms with Crippen LogP contribution < -0.4 is 5.32 Å². The molecule has 1 N–H and O–H groups in total. The molecular formula is C14H22N4O. The maximum atomic E-state index is 6.02. The van der Waals surface area contributed by atoms with Crippen LogP contribution >= 0.6 is 0 Å². The first-order chi connectivity index (χ1) is 9.38. The molecule has 0 spiro atoms. The maximum absolute atomic E-state index is 6.02. The minimum atomic E-state index is 0.309. The first-order valence-corrected chi connectivity index (χ1v) is 7.52. The van der Waals surface area contributed by atoms with Gasteiger partial charge in [0, 0.05) is 31.0 Å². The summed E-state index contributed by atoms with van der Waals surface area (Å²) in [6, 6.07) is 1.33. The number of anilines is 1. The molecule has 0 aromatic carbocycles. The van der Waals surface area contributed by atoms with Crippen LogP contribution in [0.15, 0.2) is 12.4 Å². The number of nitrogens with one attached hydrogen (secondary N) is 1. The summed E-state index contributed by atoms with van der Waals surface area (Å²) in [5, 5.41) is 3.48. The molecule has 19 heavy (non-hydrogen) atoms. The van der Waals surface area contributed by atoms with E-state index >= 15 is 0 Å². The van der Waals surface area contributed by atoms with Crippen LogP contribution in [0.25, 0.3) is 0 Å². The van der Waals surface area contributed by atoms with Crippen LogP contribution in [-0.2, 0) is 11.3 Å². The zero-order chi connectivity index (χ0) is 12.7. The third-order valence-electron chi connectivity index (χ3n) is 4.49. The molecule has 1 saturated carbocycles. The predicted molar refractivity (Wildman–Crippen MR) is 73.2 cm³/mol. The van der Waals surface area contributed by atoms with E-state index in [0.717, 1.165) is 25.6 Å². The van der Waals surface area contributed by atoms with Gasteiger partial charge in [-0.2, -0.15) is 0 Å². The van der Waals surface area contributed by atoms with Gasteiger partial charge >= 0.3 is 0 Å². The smallest absolute Gasteiger partial charge is 0.203 e. The number of nitrogens with zero attached hydrogens (tertiary/aromatic N) is 3. The van der Waals surface area contributed by atoms with Gasteiger partial charge in [0.25, 0.3) is 0 Å². The van der Waals surface area contributed by atoms with Crippen LogP contribution in [0.3, 0.4) is 0 Å². The summed E-state index contributed by atoms with van der Waals surface area (Å²) >= 11 is 0. The quantitative estimate of drug-likeness (QED) is 0.888. The number of fused-ring (bicyclic) bond motifs is 1. The van der Waals surface area contributed by atoms with Gasteiger partial charge in [0.1, 0.15) is 0 Å². The number of imidazole rings is 1. The molecule has 3 fully saturated rings. The SMILES string of the molecule is c1cn(CC2CN3CCCC3CO2)c(NC2CC2)n1. The summed E-state index contributed by atoms with van der Waals surface area (Å²) in [5.74, 6) is 1.01. The molecule has 1 aliphatic carbocycles. The zero-order valence-electron chi connectivity index (χ0n) is 11.3. The Labute approximate surface area is 113 Å². The molecule has 2 unspecified atom stereocenters. The average Bonchev–Trinajstić information content (AvgIpc) is 2.94. The Morgan fingerprint density at radius 1 is 1.37 bits per heavy atom. The Balaban J connectivity index is 1.39. The van der Waals surface area contributed by atoms with E-state index in [9.17, 15) is 0 Å². The van der Waals surface area contributed by atoms with Gasteiger partial charge in [0.15, 0.2) is 0 Å². The van der Waals surface area contributed by atoms with Gasteiger partial charge in [-0.1, -0.05) is 0 Å². The van der Waals surface area contributed by atoms with E-state index in [1.165, 1.54) is 32.2 Å². The molecular weight excluding hydrogens is 240 g/mol. The monoisotopic (exact) mass is 262 g/mol. The van der Waals surface area contributed by atoms with Crippen LogP contribution in [0.5, 0.6) is 0 Å². The summed E-state index contributed by atoms with van der Waals surface area (Å²) in [6.07, 6.45) is 9.45. The molecule has 1 aromatic heterocycles. The molecule has 0 radical (unpaired) electrons. The van der Waals surface area contributed by atoms with Crippen LogP contribution in [0.4, 0.5) is 5.95 Å². The van der Waals surface area contributed by atoms with Crippen LogP contribution in [0.2, 0.25) is 0 Å². The summed E-state index contributed by atoms with van der Waals surface area (Å²) < 4.78 is 8.23. The Morgan fingerprint density at radius 2 is 2.32 bits per heavy atom. The molecule has 0 amide bonds. The van der Waals surface area contributed by atoms with Gasteiger partial charge in [0.05, 0.1) is 19.3 Å². The van der Waals surface area contributed by atoms with Crippen LogP contribution in [0.1, 0.15) is 25.7 Å². The van der Waals surface area contributed by atoms with Crippen molar-refractivity contribution in [2.45, 2.75) is 50.4 Å². The van der Waals surface area contributed by atoms with E-state index in [1.807, 2.05) is 6.20 Å². The topological polar surface area (TPSA) is 42.3 Å². The van der Waals surface area contributed by atoms with Crippen molar-refractivity contribution < 1.29 is 4.74 Å². The number of morpholine rings is 1. The fourth-order valence-electron chi connectivity index (χ4n) is 3.22. The highest BCUT2D eigenvalue weighted by Crippen LogP contribution is 2.26. The molecule has 3 heterocycles. The molecule has 0 bridgehead atoms. The van der Waals surface area contributed by atoms with E-state index in [0.29, 0.717) is 18.2 Å². The number of rotatable bonds is 4. The highest BCUT2D eigenvalue weighted by Gasteiger charge is 2.32. The van der Waals surface area contributed by atoms with Crippen molar-refractivity contribution in [1.82, 2.24) is 14.5 Å². The van der Waals surface area contributed by atoms with Gasteiger partial charge in [0.2, 0.25) is 5.95 Å². The lowest BCUT2D eigenvalue weighted by atomic mass is 10.2. The summed E-state index contributed by atoms with van der Waals surface area (Å²) in [7, 11) is 0. The van der Waals surface area contributed by atoms with Crippen LogP contribution in [-0.4, -0.2) is 52.3 Å². The van der Waals surface area contributed by atoms with Gasteiger partial charge in [-0.05, 0) is 32.2 Å². The second-order valence-electron chi connectivity index (χ2n) is 6.07. The van der Waals surface area contributed by atoms with Crippen molar-refractivity contribution in [3.05, 3.63) is 12.4 Å². The van der Waals surface area contributed by atoms with Gasteiger partial charge < -0.3 is 14.6 Å². The van der Waals surface area contributed by atoms with E-state index in [4.69, 9.17) is 4.74 Å². The highest BCUT2D eigenvalue weighted by molar-refractivity contribution is 5.29. The number of hydrogen-bond donors (Lipinski definition) is 1. The third-order valence-corrected chi connectivity index (χ3v) is 4.49. The summed E-state index contributed by atoms with van der Waals surface area (Å²) in [6.45, 7) is 4.15. The number of aromatic nitrogens is 2. The lowest BCUT2D eigenvalue weighted by Gasteiger charge is -2.35. The Hall–Kier alpha value is -1.07. The Kier molecular flexibility index (Phi) is 2.96. The number of ether oxygens (including phenoxy) is 1. The van der Waals surface area contributed by atoms with E-state index in [2.05, 4.69) is 26.0 Å². The lowest BCUT2D eigenvalue weighted by molar-refractivity contribution is -0.0549. The van der Waals surface area contributed by atoms with Crippen LogP contribution in [0, 0.1) is 0 Å². The lowest BCUT2D eigenvalue weighted by Crippen LogP contribution is -2.47. The molecule has 3 aliphatic rings. The fraction of sp³-hybridized carbons (Fsp3) is 0.786. The molecule has 1 aromatic rings. The van der Waals surface area contributed by atoms with E-state index in [-0.39, 0.29) is 0 Å². The van der Waals surface area contributed by atoms with Gasteiger partial charge in [-0.25, -0.2) is 4.98 Å². The third kappa shape index (κ3) is 2.49. The minimum absolute atomic E-state index is 0.309. The second kappa shape index (κ2) is 4.80. The summed E-state index contributed by atoms with van der Waals surface area (Å²) in [5.41, 5.74) is 0. The first kappa shape index (κ1) is 11.7. The fourth-order valence-corrected chi connectivity index (χ4v) is 3.22. The molecule has 5 nitrogen and oxygen atoms in total. The summed E-state index contributed by atoms with van der Waals surface area (Å²) in [4.78, 5) is 7.01. The largest absolute Gasteiger partial charge is 0.373 e. The standard InChI is InChI=1S/C14H22N4O/c1-2-12-10-19-13(8-17(12)6-1)9-18-7-5-15-14(18)16-11-3-4-11/h5,7,11-13H,1-4,6,8-10H2,(H,15,16). The van der Waals surface area contributed by atoms with Crippen molar-refractivity contribution in [1.29, 1.82) is 0 Å². The van der Waals surface area contributed by atoms with Crippen molar-refractivity contribution >= 4 is 5.95 Å². The van der Waals surface area contributed by atoms with Crippen molar-refractivity contribution in [2.75, 3.05) is 25.0 Å². The molecule has 2 saturated heterocycles. The van der Waals surface area contributed by atoms with Gasteiger partial charge in [-0.3, -0.25) is 4.90 Å². The highest BCUT2D eigenvalue weighted by atomic mass is 16.5. The molecule has 5 heteroatoms. The molecule has 2 aliphatic heterocycles. The molecule has 104 valence electrons. The van der Waals surface area contributed by atoms with Gasteiger partial charge in [-0.15, -0.1) is 0 Å². The van der Waals surface area contributed by atoms with Crippen molar-refractivity contribution in [2.24, 2.45) is 0 Å². The number of hydrogen-bond acceptors (Lipinski definition) is 4. The van der Waals surface area contributed by atoms with E-state index in [1.54, 1.807) is 0 Å².